The molecule has 2 aromatic carbocycles. The summed E-state index contributed by atoms with van der Waals surface area (Å²) in [5.74, 6) is 2.17. The molecule has 0 radical (unpaired) electrons. The van der Waals surface area contributed by atoms with E-state index in [0.717, 1.165) is 22.6 Å². The molecule has 0 amide bonds. The molecule has 112 valence electrons. The third-order valence-electron chi connectivity index (χ3n) is 3.39. The second-order valence-corrected chi connectivity index (χ2v) is 5.16. The average Bonchev–Trinajstić information content (AvgIpc) is 3.05. The molecule has 5 heteroatoms. The van der Waals surface area contributed by atoms with E-state index in [1.807, 2.05) is 42.5 Å². The first kappa shape index (κ1) is 14.5. The number of methoxy groups -OCH3 is 2. The largest absolute Gasteiger partial charge is 0.493 e. The number of aromatic nitrogens is 2. The maximum absolute atomic E-state index is 5.91. The van der Waals surface area contributed by atoms with Crippen molar-refractivity contribution in [1.82, 2.24) is 9.97 Å². The number of aromatic amines is 1. The minimum Gasteiger partial charge on any atom is -0.493 e. The zero-order chi connectivity index (χ0) is 15.5. The maximum Gasteiger partial charge on any atom is 0.161 e. The lowest BCUT2D eigenvalue weighted by Gasteiger charge is -2.08. The van der Waals surface area contributed by atoms with Gasteiger partial charge in [-0.1, -0.05) is 11.6 Å². The summed E-state index contributed by atoms with van der Waals surface area (Å²) in [6.45, 7) is 0. The summed E-state index contributed by atoms with van der Waals surface area (Å²) in [5.41, 5.74) is 2.87. The van der Waals surface area contributed by atoms with Crippen LogP contribution in [-0.4, -0.2) is 24.2 Å². The molecule has 1 N–H and O–H groups in total. The van der Waals surface area contributed by atoms with E-state index >= 15 is 0 Å². The fourth-order valence-electron chi connectivity index (χ4n) is 2.23. The van der Waals surface area contributed by atoms with Crippen molar-refractivity contribution in [2.24, 2.45) is 0 Å². The summed E-state index contributed by atoms with van der Waals surface area (Å²) < 4.78 is 10.6. The number of benzene rings is 2. The van der Waals surface area contributed by atoms with Crippen molar-refractivity contribution in [2.75, 3.05) is 14.2 Å². The molecule has 0 saturated carbocycles. The van der Waals surface area contributed by atoms with E-state index in [2.05, 4.69) is 9.97 Å². The summed E-state index contributed by atoms with van der Waals surface area (Å²) in [7, 11) is 3.24. The summed E-state index contributed by atoms with van der Waals surface area (Å²) >= 11 is 5.91. The van der Waals surface area contributed by atoms with Crippen LogP contribution in [-0.2, 0) is 0 Å². The zero-order valence-electron chi connectivity index (χ0n) is 12.3. The van der Waals surface area contributed by atoms with Gasteiger partial charge in [-0.05, 0) is 42.5 Å². The molecule has 4 nitrogen and oxygen atoms in total. The van der Waals surface area contributed by atoms with Crippen LogP contribution in [0, 0.1) is 0 Å². The predicted octanol–water partition coefficient (Wildman–Crippen LogP) is 4.41. The quantitative estimate of drug-likeness (QED) is 0.775. The van der Waals surface area contributed by atoms with Crippen molar-refractivity contribution in [3.63, 3.8) is 0 Å². The van der Waals surface area contributed by atoms with Crippen LogP contribution in [0.2, 0.25) is 5.02 Å². The highest BCUT2D eigenvalue weighted by atomic mass is 35.5. The zero-order valence-corrected chi connectivity index (χ0v) is 13.0. The number of halogens is 1. The van der Waals surface area contributed by atoms with Crippen molar-refractivity contribution < 1.29 is 9.47 Å². The molecule has 0 aliphatic rings. The highest BCUT2D eigenvalue weighted by Crippen LogP contribution is 2.32. The lowest BCUT2D eigenvalue weighted by Crippen LogP contribution is -1.90. The molecule has 3 rings (SSSR count). The number of rotatable bonds is 4. The Balaban J connectivity index is 1.95. The fraction of sp³-hybridized carbons (Fsp3) is 0.118. The summed E-state index contributed by atoms with van der Waals surface area (Å²) in [6, 6.07) is 13.3. The van der Waals surface area contributed by atoms with Gasteiger partial charge in [-0.2, -0.15) is 0 Å². The molecule has 0 aliphatic heterocycles. The molecular formula is C17H15ClN2O2. The highest BCUT2D eigenvalue weighted by Gasteiger charge is 2.09. The minimum absolute atomic E-state index is 0.683. The van der Waals surface area contributed by atoms with E-state index in [0.29, 0.717) is 16.5 Å². The number of nitrogens with one attached hydrogen (secondary N) is 1. The Bertz CT molecular complexity index is 782. The van der Waals surface area contributed by atoms with E-state index in [1.54, 1.807) is 20.4 Å². The topological polar surface area (TPSA) is 47.1 Å². The highest BCUT2D eigenvalue weighted by molar-refractivity contribution is 6.30. The second kappa shape index (κ2) is 6.12. The number of H-pyrrole nitrogens is 1. The van der Waals surface area contributed by atoms with Gasteiger partial charge in [0.2, 0.25) is 0 Å². The average molecular weight is 315 g/mol. The normalized spacial score (nSPS) is 10.5. The van der Waals surface area contributed by atoms with Crippen LogP contribution >= 0.6 is 11.6 Å². The van der Waals surface area contributed by atoms with Gasteiger partial charge >= 0.3 is 0 Å². The third kappa shape index (κ3) is 2.78. The van der Waals surface area contributed by atoms with Gasteiger partial charge in [0.25, 0.3) is 0 Å². The lowest BCUT2D eigenvalue weighted by molar-refractivity contribution is 0.355. The fourth-order valence-corrected chi connectivity index (χ4v) is 2.35. The first-order chi connectivity index (χ1) is 10.7. The first-order valence-corrected chi connectivity index (χ1v) is 7.12. The van der Waals surface area contributed by atoms with Crippen LogP contribution in [0.15, 0.2) is 48.7 Å². The SMILES string of the molecule is COc1ccc(-c2cnc(-c3ccc(Cl)cc3)[nH]2)cc1OC. The first-order valence-electron chi connectivity index (χ1n) is 6.74. The Kier molecular flexibility index (Phi) is 4.02. The Morgan fingerprint density at radius 2 is 1.59 bits per heavy atom. The van der Waals surface area contributed by atoms with Gasteiger partial charge in [0, 0.05) is 16.1 Å². The number of hydrogen-bond donors (Lipinski definition) is 1. The minimum atomic E-state index is 0.683. The van der Waals surface area contributed by atoms with Crippen LogP contribution in [0.1, 0.15) is 0 Å². The summed E-state index contributed by atoms with van der Waals surface area (Å²) in [6.07, 6.45) is 1.80. The smallest absolute Gasteiger partial charge is 0.161 e. The molecule has 0 fully saturated rings. The van der Waals surface area contributed by atoms with Gasteiger partial charge in [-0.25, -0.2) is 4.98 Å². The van der Waals surface area contributed by atoms with Crippen molar-refractivity contribution in [2.45, 2.75) is 0 Å². The molecule has 0 unspecified atom stereocenters. The van der Waals surface area contributed by atoms with Crippen molar-refractivity contribution in [3.8, 4) is 34.1 Å². The number of hydrogen-bond acceptors (Lipinski definition) is 3. The molecule has 3 aromatic rings. The van der Waals surface area contributed by atoms with Crippen LogP contribution < -0.4 is 9.47 Å². The van der Waals surface area contributed by atoms with E-state index < -0.39 is 0 Å². The van der Waals surface area contributed by atoms with Gasteiger partial charge < -0.3 is 14.5 Å². The van der Waals surface area contributed by atoms with Gasteiger partial charge in [0.1, 0.15) is 5.82 Å². The second-order valence-electron chi connectivity index (χ2n) is 4.72. The Morgan fingerprint density at radius 1 is 0.909 bits per heavy atom. The summed E-state index contributed by atoms with van der Waals surface area (Å²) in [4.78, 5) is 7.72. The van der Waals surface area contributed by atoms with E-state index in [4.69, 9.17) is 21.1 Å². The van der Waals surface area contributed by atoms with Crippen molar-refractivity contribution in [3.05, 3.63) is 53.7 Å². The molecule has 1 heterocycles. The molecule has 0 bridgehead atoms. The lowest BCUT2D eigenvalue weighted by atomic mass is 10.1. The van der Waals surface area contributed by atoms with Gasteiger partial charge in [0.05, 0.1) is 26.1 Å². The molecule has 22 heavy (non-hydrogen) atoms. The molecule has 1 aromatic heterocycles. The summed E-state index contributed by atoms with van der Waals surface area (Å²) in [5, 5.41) is 0.704. The number of ether oxygens (including phenoxy) is 2. The van der Waals surface area contributed by atoms with Crippen LogP contribution in [0.5, 0.6) is 11.5 Å². The molecule has 0 aliphatic carbocycles. The third-order valence-corrected chi connectivity index (χ3v) is 3.64. The van der Waals surface area contributed by atoms with Gasteiger partial charge in [-0.3, -0.25) is 0 Å². The van der Waals surface area contributed by atoms with E-state index in [-0.39, 0.29) is 0 Å². The molecule has 0 atom stereocenters. The van der Waals surface area contributed by atoms with Gasteiger partial charge in [0.15, 0.2) is 11.5 Å². The van der Waals surface area contributed by atoms with Crippen molar-refractivity contribution in [1.29, 1.82) is 0 Å². The monoisotopic (exact) mass is 314 g/mol. The van der Waals surface area contributed by atoms with Crippen LogP contribution in [0.3, 0.4) is 0 Å². The standard InChI is InChI=1S/C17H15ClN2O2/c1-21-15-8-5-12(9-16(15)22-2)14-10-19-17(20-14)11-3-6-13(18)7-4-11/h3-10H,1-2H3,(H,19,20). The molecule has 0 spiro atoms. The van der Waals surface area contributed by atoms with E-state index in [9.17, 15) is 0 Å². The van der Waals surface area contributed by atoms with E-state index in [1.165, 1.54) is 0 Å². The number of imidazole rings is 1. The maximum atomic E-state index is 5.91. The van der Waals surface area contributed by atoms with Crippen molar-refractivity contribution >= 4 is 11.6 Å². The predicted molar refractivity (Wildman–Crippen MR) is 87.6 cm³/mol. The molecular weight excluding hydrogens is 300 g/mol. The van der Waals surface area contributed by atoms with Crippen LogP contribution in [0.4, 0.5) is 0 Å². The van der Waals surface area contributed by atoms with Gasteiger partial charge in [-0.15, -0.1) is 0 Å². The molecule has 0 saturated heterocycles. The Morgan fingerprint density at radius 3 is 2.27 bits per heavy atom. The Labute approximate surface area is 133 Å². The van der Waals surface area contributed by atoms with Crippen LogP contribution in [0.25, 0.3) is 22.6 Å². The number of nitrogens with zero attached hydrogens (tertiary/aromatic N) is 1. The Hall–Kier alpha value is -2.46.